The van der Waals surface area contributed by atoms with E-state index in [1.54, 1.807) is 19.2 Å². The van der Waals surface area contributed by atoms with Gasteiger partial charge >= 0.3 is 0 Å². The van der Waals surface area contributed by atoms with Crippen LogP contribution in [0.1, 0.15) is 27.5 Å². The number of nitrogens with zero attached hydrogens (tertiary/aromatic N) is 1. The summed E-state index contributed by atoms with van der Waals surface area (Å²) in [6.45, 7) is 0.535. The monoisotopic (exact) mass is 467 g/mol. The molecule has 0 saturated heterocycles. The van der Waals surface area contributed by atoms with Crippen LogP contribution in [0.5, 0.6) is 5.75 Å². The zero-order valence-corrected chi connectivity index (χ0v) is 19.8. The minimum absolute atomic E-state index is 0.0467. The number of nitrogens with one attached hydrogen (secondary N) is 2. The van der Waals surface area contributed by atoms with Crippen molar-refractivity contribution in [2.75, 3.05) is 27.7 Å². The summed E-state index contributed by atoms with van der Waals surface area (Å²) in [4.78, 5) is 14.9. The van der Waals surface area contributed by atoms with Gasteiger partial charge in [0.15, 0.2) is 0 Å². The van der Waals surface area contributed by atoms with Gasteiger partial charge in [0.1, 0.15) is 5.75 Å². The van der Waals surface area contributed by atoms with Gasteiger partial charge in [-0.15, -0.1) is 0 Å². The van der Waals surface area contributed by atoms with E-state index in [-0.39, 0.29) is 29.0 Å². The lowest BCUT2D eigenvalue weighted by molar-refractivity contribution is 0.0941. The molecule has 3 aromatic carbocycles. The molecule has 0 aliphatic rings. The standard InChI is InChI=1S/C25H29N3O4S/c1-28(2)24(20-12-14-22(32-3)15-13-20)18-26-25(29)21-10-7-11-23(16-21)33(30,31)27-17-19-8-5-4-6-9-19/h4-16,24,27H,17-18H2,1-3H3,(H,26,29)/t24-/m0/s1. The molecule has 3 rings (SSSR count). The maximum absolute atomic E-state index is 12.8. The maximum atomic E-state index is 12.8. The highest BCUT2D eigenvalue weighted by molar-refractivity contribution is 7.89. The third-order valence-electron chi connectivity index (χ3n) is 5.30. The van der Waals surface area contributed by atoms with Crippen LogP contribution in [-0.4, -0.2) is 47.0 Å². The van der Waals surface area contributed by atoms with Crippen molar-refractivity contribution in [3.8, 4) is 5.75 Å². The average Bonchev–Trinajstić information content (AvgIpc) is 2.84. The van der Waals surface area contributed by atoms with Crippen LogP contribution in [0.2, 0.25) is 0 Å². The highest BCUT2D eigenvalue weighted by Gasteiger charge is 2.19. The van der Waals surface area contributed by atoms with E-state index in [2.05, 4.69) is 10.0 Å². The van der Waals surface area contributed by atoms with Crippen LogP contribution in [0.3, 0.4) is 0 Å². The molecule has 0 aliphatic heterocycles. The molecule has 1 atom stereocenters. The van der Waals surface area contributed by atoms with Crippen LogP contribution in [0, 0.1) is 0 Å². The molecular weight excluding hydrogens is 438 g/mol. The third kappa shape index (κ3) is 6.64. The van der Waals surface area contributed by atoms with E-state index >= 15 is 0 Å². The van der Waals surface area contributed by atoms with Crippen molar-refractivity contribution < 1.29 is 17.9 Å². The molecule has 174 valence electrons. The Hall–Kier alpha value is -3.20. The fourth-order valence-electron chi connectivity index (χ4n) is 3.38. The number of sulfonamides is 1. The van der Waals surface area contributed by atoms with Crippen molar-refractivity contribution in [2.45, 2.75) is 17.5 Å². The number of likely N-dealkylation sites (N-methyl/N-ethyl adjacent to an activating group) is 1. The lowest BCUT2D eigenvalue weighted by atomic mass is 10.1. The van der Waals surface area contributed by atoms with E-state index in [1.807, 2.05) is 73.6 Å². The molecule has 0 aliphatic carbocycles. The van der Waals surface area contributed by atoms with E-state index in [4.69, 9.17) is 4.74 Å². The zero-order chi connectivity index (χ0) is 23.8. The lowest BCUT2D eigenvalue weighted by Gasteiger charge is -2.25. The van der Waals surface area contributed by atoms with Crippen molar-refractivity contribution in [1.29, 1.82) is 0 Å². The maximum Gasteiger partial charge on any atom is 0.251 e. The smallest absolute Gasteiger partial charge is 0.251 e. The number of methoxy groups -OCH3 is 1. The summed E-state index contributed by atoms with van der Waals surface area (Å²) >= 11 is 0. The minimum atomic E-state index is -3.76. The van der Waals surface area contributed by atoms with Crippen molar-refractivity contribution in [3.63, 3.8) is 0 Å². The number of hydrogen-bond acceptors (Lipinski definition) is 5. The van der Waals surface area contributed by atoms with Gasteiger partial charge in [-0.05, 0) is 55.6 Å². The Labute approximate surface area is 195 Å². The van der Waals surface area contributed by atoms with Gasteiger partial charge in [-0.25, -0.2) is 13.1 Å². The number of hydrogen-bond donors (Lipinski definition) is 2. The van der Waals surface area contributed by atoms with Gasteiger partial charge in [-0.3, -0.25) is 4.79 Å². The van der Waals surface area contributed by atoms with Crippen LogP contribution in [0.4, 0.5) is 0 Å². The summed E-state index contributed by atoms with van der Waals surface area (Å²) in [6.07, 6.45) is 0. The Morgan fingerprint density at radius 3 is 2.30 bits per heavy atom. The number of carbonyl (C=O) groups is 1. The Balaban J connectivity index is 1.67. The van der Waals surface area contributed by atoms with Gasteiger partial charge in [-0.1, -0.05) is 48.5 Å². The van der Waals surface area contributed by atoms with Crippen LogP contribution >= 0.6 is 0 Å². The molecule has 0 fully saturated rings. The predicted molar refractivity (Wildman–Crippen MR) is 129 cm³/mol. The van der Waals surface area contributed by atoms with E-state index in [1.165, 1.54) is 12.1 Å². The van der Waals surface area contributed by atoms with Gasteiger partial charge < -0.3 is 15.0 Å². The van der Waals surface area contributed by atoms with Crippen molar-refractivity contribution in [2.24, 2.45) is 0 Å². The normalized spacial score (nSPS) is 12.4. The number of amides is 1. The quantitative estimate of drug-likeness (QED) is 0.478. The molecule has 0 radical (unpaired) electrons. The Kier molecular flexibility index (Phi) is 8.21. The summed E-state index contributed by atoms with van der Waals surface area (Å²) in [7, 11) is 1.73. The van der Waals surface area contributed by atoms with E-state index in [0.29, 0.717) is 6.54 Å². The van der Waals surface area contributed by atoms with Gasteiger partial charge in [0, 0.05) is 18.7 Å². The molecule has 0 unspecified atom stereocenters. The molecule has 1 amide bonds. The second-order valence-electron chi connectivity index (χ2n) is 7.80. The first-order valence-corrected chi connectivity index (χ1v) is 12.0. The zero-order valence-electron chi connectivity index (χ0n) is 19.0. The van der Waals surface area contributed by atoms with Crippen molar-refractivity contribution in [1.82, 2.24) is 14.9 Å². The highest BCUT2D eigenvalue weighted by atomic mass is 32.2. The third-order valence-corrected chi connectivity index (χ3v) is 6.69. The molecule has 0 spiro atoms. The Morgan fingerprint density at radius 1 is 0.970 bits per heavy atom. The molecule has 33 heavy (non-hydrogen) atoms. The molecular formula is C25H29N3O4S. The van der Waals surface area contributed by atoms with E-state index in [0.717, 1.165) is 16.9 Å². The van der Waals surface area contributed by atoms with Crippen LogP contribution < -0.4 is 14.8 Å². The summed E-state index contributed by atoms with van der Waals surface area (Å²) in [5.41, 5.74) is 2.16. The van der Waals surface area contributed by atoms with Gasteiger partial charge in [0.2, 0.25) is 10.0 Å². The number of benzene rings is 3. The first kappa shape index (κ1) is 24.4. The second kappa shape index (κ2) is 11.1. The summed E-state index contributed by atoms with van der Waals surface area (Å²) in [5, 5.41) is 2.92. The Morgan fingerprint density at radius 2 is 1.67 bits per heavy atom. The number of rotatable bonds is 10. The fraction of sp³-hybridized carbons (Fsp3) is 0.240. The topological polar surface area (TPSA) is 87.7 Å². The molecule has 0 heterocycles. The molecule has 0 saturated carbocycles. The van der Waals surface area contributed by atoms with Gasteiger partial charge in [0.25, 0.3) is 5.91 Å². The van der Waals surface area contributed by atoms with Gasteiger partial charge in [0.05, 0.1) is 18.0 Å². The predicted octanol–water partition coefficient (Wildman–Crippen LogP) is 3.21. The number of ether oxygens (including phenoxy) is 1. The molecule has 0 aromatic heterocycles. The summed E-state index contributed by atoms with van der Waals surface area (Å²) in [6, 6.07) is 22.9. The van der Waals surface area contributed by atoms with Crippen LogP contribution in [0.25, 0.3) is 0 Å². The van der Waals surface area contributed by atoms with E-state index in [9.17, 15) is 13.2 Å². The van der Waals surface area contributed by atoms with Crippen molar-refractivity contribution >= 4 is 15.9 Å². The number of carbonyl (C=O) groups excluding carboxylic acids is 1. The minimum Gasteiger partial charge on any atom is -0.497 e. The molecule has 3 aromatic rings. The molecule has 8 heteroatoms. The SMILES string of the molecule is COc1ccc([C@H](CNC(=O)c2cccc(S(=O)(=O)NCc3ccccc3)c2)N(C)C)cc1. The molecule has 0 bridgehead atoms. The van der Waals surface area contributed by atoms with Crippen LogP contribution in [0.15, 0.2) is 83.8 Å². The second-order valence-corrected chi connectivity index (χ2v) is 9.57. The highest BCUT2D eigenvalue weighted by Crippen LogP contribution is 2.21. The summed E-state index contributed by atoms with van der Waals surface area (Å²) in [5.74, 6) is 0.426. The first-order chi connectivity index (χ1) is 15.8. The average molecular weight is 468 g/mol. The fourth-order valence-corrected chi connectivity index (χ4v) is 4.44. The van der Waals surface area contributed by atoms with Gasteiger partial charge in [-0.2, -0.15) is 0 Å². The van der Waals surface area contributed by atoms with Crippen LogP contribution in [-0.2, 0) is 16.6 Å². The molecule has 7 nitrogen and oxygen atoms in total. The summed E-state index contributed by atoms with van der Waals surface area (Å²) < 4.78 is 33.2. The lowest BCUT2D eigenvalue weighted by Crippen LogP contribution is -2.34. The first-order valence-electron chi connectivity index (χ1n) is 10.5. The van der Waals surface area contributed by atoms with Crippen molar-refractivity contribution in [3.05, 3.63) is 95.6 Å². The largest absolute Gasteiger partial charge is 0.497 e. The Bertz CT molecular complexity index is 1160. The molecule has 2 N–H and O–H groups in total. The van der Waals surface area contributed by atoms with E-state index < -0.39 is 10.0 Å².